The zero-order valence-electron chi connectivity index (χ0n) is 13.3. The van der Waals surface area contributed by atoms with E-state index in [9.17, 15) is 9.90 Å². The van der Waals surface area contributed by atoms with E-state index < -0.39 is 5.60 Å². The van der Waals surface area contributed by atoms with Crippen molar-refractivity contribution in [3.05, 3.63) is 72.8 Å². The van der Waals surface area contributed by atoms with Crippen molar-refractivity contribution >= 4 is 11.6 Å². The Kier molecular flexibility index (Phi) is 4.39. The molecule has 0 aliphatic carbocycles. The van der Waals surface area contributed by atoms with Gasteiger partial charge in [-0.15, -0.1) is 10.2 Å². The van der Waals surface area contributed by atoms with Crippen molar-refractivity contribution in [3.8, 4) is 5.69 Å². The number of anilines is 1. The molecular weight excluding hydrogens is 304 g/mol. The number of amides is 1. The number of nitrogens with one attached hydrogen (secondary N) is 1. The number of aliphatic hydroxyl groups is 1. The summed E-state index contributed by atoms with van der Waals surface area (Å²) in [5, 5.41) is 20.8. The lowest BCUT2D eigenvalue weighted by Crippen LogP contribution is -2.28. The van der Waals surface area contributed by atoms with Crippen LogP contribution in [0.15, 0.2) is 67.3 Å². The fraction of sp³-hybridized carbons (Fsp3) is 0.167. The Bertz CT molecular complexity index is 797. The summed E-state index contributed by atoms with van der Waals surface area (Å²) in [6.45, 7) is 1.64. The molecule has 0 bridgehead atoms. The Hall–Kier alpha value is -2.99. The third-order valence-corrected chi connectivity index (χ3v) is 3.77. The summed E-state index contributed by atoms with van der Waals surface area (Å²) < 4.78 is 1.77. The molecule has 0 fully saturated rings. The van der Waals surface area contributed by atoms with Crippen LogP contribution in [0.25, 0.3) is 5.69 Å². The van der Waals surface area contributed by atoms with Crippen molar-refractivity contribution in [2.75, 3.05) is 5.32 Å². The normalized spacial score (nSPS) is 13.2. The van der Waals surface area contributed by atoms with Crippen LogP contribution in [0.4, 0.5) is 5.69 Å². The van der Waals surface area contributed by atoms with Crippen molar-refractivity contribution in [1.82, 2.24) is 14.8 Å². The van der Waals surface area contributed by atoms with Gasteiger partial charge in [-0.25, -0.2) is 0 Å². The van der Waals surface area contributed by atoms with Crippen molar-refractivity contribution in [2.45, 2.75) is 18.9 Å². The molecule has 2 aromatic carbocycles. The number of rotatable bonds is 5. The topological polar surface area (TPSA) is 80.0 Å². The highest BCUT2D eigenvalue weighted by atomic mass is 16.3. The van der Waals surface area contributed by atoms with Gasteiger partial charge in [-0.3, -0.25) is 9.36 Å². The molecule has 24 heavy (non-hydrogen) atoms. The summed E-state index contributed by atoms with van der Waals surface area (Å²) in [7, 11) is 0. The number of carbonyl (C=O) groups is 1. The van der Waals surface area contributed by atoms with Gasteiger partial charge in [-0.05, 0) is 36.8 Å². The third-order valence-electron chi connectivity index (χ3n) is 3.77. The zero-order valence-corrected chi connectivity index (χ0v) is 13.3. The van der Waals surface area contributed by atoms with E-state index in [1.807, 2.05) is 30.3 Å². The lowest BCUT2D eigenvalue weighted by atomic mass is 9.92. The molecule has 1 aromatic heterocycles. The Morgan fingerprint density at radius 2 is 1.71 bits per heavy atom. The van der Waals surface area contributed by atoms with E-state index in [2.05, 4.69) is 15.5 Å². The molecule has 3 rings (SSSR count). The largest absolute Gasteiger partial charge is 0.385 e. The first-order chi connectivity index (χ1) is 11.5. The number of benzene rings is 2. The van der Waals surface area contributed by atoms with Crippen LogP contribution in [-0.2, 0) is 10.4 Å². The number of nitrogens with zero attached hydrogens (tertiary/aromatic N) is 3. The van der Waals surface area contributed by atoms with E-state index in [-0.39, 0.29) is 12.3 Å². The van der Waals surface area contributed by atoms with Gasteiger partial charge in [-0.1, -0.05) is 30.3 Å². The molecule has 2 N–H and O–H groups in total. The fourth-order valence-electron chi connectivity index (χ4n) is 2.47. The molecule has 0 saturated carbocycles. The minimum absolute atomic E-state index is 0.0236. The highest BCUT2D eigenvalue weighted by molar-refractivity contribution is 5.91. The van der Waals surface area contributed by atoms with E-state index in [1.165, 1.54) is 0 Å². The lowest BCUT2D eigenvalue weighted by Gasteiger charge is -2.23. The molecule has 6 heteroatoms. The third kappa shape index (κ3) is 3.67. The second-order valence-corrected chi connectivity index (χ2v) is 5.78. The van der Waals surface area contributed by atoms with Crippen LogP contribution in [0.3, 0.4) is 0 Å². The first kappa shape index (κ1) is 15.9. The van der Waals surface area contributed by atoms with Gasteiger partial charge in [0.2, 0.25) is 5.91 Å². The smallest absolute Gasteiger partial charge is 0.227 e. The minimum atomic E-state index is -1.21. The van der Waals surface area contributed by atoms with Crippen molar-refractivity contribution in [2.24, 2.45) is 0 Å². The summed E-state index contributed by atoms with van der Waals surface area (Å²) in [5.41, 5.74) is 1.06. The van der Waals surface area contributed by atoms with E-state index in [4.69, 9.17) is 0 Å². The molecule has 0 spiro atoms. The van der Waals surface area contributed by atoms with Crippen LogP contribution >= 0.6 is 0 Å². The number of hydrogen-bond donors (Lipinski definition) is 2. The van der Waals surface area contributed by atoms with E-state index in [0.29, 0.717) is 11.3 Å². The Morgan fingerprint density at radius 3 is 2.33 bits per heavy atom. The predicted molar refractivity (Wildman–Crippen MR) is 90.6 cm³/mol. The first-order valence-electron chi connectivity index (χ1n) is 7.57. The molecule has 122 valence electrons. The van der Waals surface area contributed by atoms with Crippen molar-refractivity contribution in [3.63, 3.8) is 0 Å². The van der Waals surface area contributed by atoms with Gasteiger partial charge < -0.3 is 10.4 Å². The number of carbonyl (C=O) groups excluding carboxylic acids is 1. The first-order valence-corrected chi connectivity index (χ1v) is 7.57. The van der Waals surface area contributed by atoms with Crippen molar-refractivity contribution in [1.29, 1.82) is 0 Å². The van der Waals surface area contributed by atoms with Crippen LogP contribution in [0.2, 0.25) is 0 Å². The monoisotopic (exact) mass is 322 g/mol. The predicted octanol–water partition coefficient (Wildman–Crippen LogP) is 2.50. The van der Waals surface area contributed by atoms with Gasteiger partial charge in [0, 0.05) is 11.4 Å². The van der Waals surface area contributed by atoms with Crippen LogP contribution in [-0.4, -0.2) is 25.8 Å². The highest BCUT2D eigenvalue weighted by Crippen LogP contribution is 2.24. The average molecular weight is 322 g/mol. The summed E-state index contributed by atoms with van der Waals surface area (Å²) in [4.78, 5) is 12.2. The Labute approximate surface area is 139 Å². The molecular formula is C18H18N4O2. The van der Waals surface area contributed by atoms with Crippen LogP contribution in [0.1, 0.15) is 18.9 Å². The van der Waals surface area contributed by atoms with Gasteiger partial charge in [0.15, 0.2) is 0 Å². The van der Waals surface area contributed by atoms with Crippen LogP contribution < -0.4 is 5.32 Å². The summed E-state index contributed by atoms with van der Waals surface area (Å²) in [5.74, 6) is -0.249. The van der Waals surface area contributed by atoms with Crippen LogP contribution in [0.5, 0.6) is 0 Å². The quantitative estimate of drug-likeness (QED) is 0.756. The highest BCUT2D eigenvalue weighted by Gasteiger charge is 2.26. The molecule has 1 heterocycles. The molecule has 0 radical (unpaired) electrons. The standard InChI is InChI=1S/C18H18N4O2/c1-18(24,14-5-3-2-4-6-14)11-17(23)21-15-7-9-16(10-8-15)22-12-19-20-13-22/h2-10,12-13,24H,11H2,1H3,(H,21,23). The molecule has 0 aliphatic rings. The zero-order chi connectivity index (χ0) is 17.0. The second-order valence-electron chi connectivity index (χ2n) is 5.78. The summed E-state index contributed by atoms with van der Waals surface area (Å²) >= 11 is 0. The molecule has 3 aromatic rings. The van der Waals surface area contributed by atoms with Crippen molar-refractivity contribution < 1.29 is 9.90 Å². The minimum Gasteiger partial charge on any atom is -0.385 e. The van der Waals surface area contributed by atoms with E-state index in [0.717, 1.165) is 5.69 Å². The molecule has 1 unspecified atom stereocenters. The van der Waals surface area contributed by atoms with Crippen LogP contribution in [0, 0.1) is 0 Å². The van der Waals surface area contributed by atoms with Gasteiger partial charge >= 0.3 is 0 Å². The maximum absolute atomic E-state index is 12.2. The Morgan fingerprint density at radius 1 is 1.08 bits per heavy atom. The summed E-state index contributed by atoms with van der Waals surface area (Å²) in [6, 6.07) is 16.5. The van der Waals surface area contributed by atoms with E-state index in [1.54, 1.807) is 48.4 Å². The SMILES string of the molecule is CC(O)(CC(=O)Nc1ccc(-n2cnnc2)cc1)c1ccccc1. The van der Waals surface area contributed by atoms with Gasteiger partial charge in [-0.2, -0.15) is 0 Å². The van der Waals surface area contributed by atoms with Gasteiger partial charge in [0.05, 0.1) is 12.0 Å². The molecule has 1 atom stereocenters. The van der Waals surface area contributed by atoms with Gasteiger partial charge in [0.25, 0.3) is 0 Å². The van der Waals surface area contributed by atoms with E-state index >= 15 is 0 Å². The average Bonchev–Trinajstić information content (AvgIpc) is 3.10. The molecule has 1 amide bonds. The molecule has 0 saturated heterocycles. The van der Waals surface area contributed by atoms with Gasteiger partial charge in [0.1, 0.15) is 12.7 Å². The molecule has 0 aliphatic heterocycles. The Balaban J connectivity index is 1.64. The lowest BCUT2D eigenvalue weighted by molar-refractivity contribution is -0.120. The number of aromatic nitrogens is 3. The summed E-state index contributed by atoms with van der Waals surface area (Å²) in [6.07, 6.45) is 3.18. The number of hydrogen-bond acceptors (Lipinski definition) is 4. The maximum Gasteiger partial charge on any atom is 0.227 e. The fourth-order valence-corrected chi connectivity index (χ4v) is 2.47. The molecule has 6 nitrogen and oxygen atoms in total. The maximum atomic E-state index is 12.2. The second kappa shape index (κ2) is 6.64.